The van der Waals surface area contributed by atoms with Crippen LogP contribution in [0.5, 0.6) is 11.5 Å². The zero-order valence-electron chi connectivity index (χ0n) is 21.2. The lowest BCUT2D eigenvalue weighted by atomic mass is 10.1. The first-order valence-corrected chi connectivity index (χ1v) is 13.1. The number of rotatable bonds is 8. The Kier molecular flexibility index (Phi) is 8.19. The quantitative estimate of drug-likeness (QED) is 0.129. The Bertz CT molecular complexity index is 1540. The molecule has 14 heteroatoms. The van der Waals surface area contributed by atoms with Crippen LogP contribution in [0.25, 0.3) is 17.1 Å². The third-order valence-electron chi connectivity index (χ3n) is 5.79. The maximum Gasteiger partial charge on any atom is 0.573 e. The zero-order valence-corrected chi connectivity index (χ0v) is 22.1. The first-order valence-electron chi connectivity index (χ1n) is 12.1. The van der Waals surface area contributed by atoms with Gasteiger partial charge in [-0.05, 0) is 48.9 Å². The summed E-state index contributed by atoms with van der Waals surface area (Å²) in [5.74, 6) is 0.856. The molecule has 0 saturated carbocycles. The van der Waals surface area contributed by atoms with Gasteiger partial charge in [0.15, 0.2) is 11.0 Å². The molecule has 5 rings (SSSR count). The van der Waals surface area contributed by atoms with Crippen LogP contribution in [0.2, 0.25) is 0 Å². The van der Waals surface area contributed by atoms with Crippen molar-refractivity contribution in [1.82, 2.24) is 14.8 Å². The molecule has 4 aromatic rings. The standard InChI is InChI=1S/C27H21F5N6O2S/c1-17-15-41-26(38(17)22-4-2-3-5-23(22)39-25(28)29)35-34-14-18-6-8-19(9-7-18)24-33-16-37(36-24)20-10-12-21(13-11-20)40-27(30,31)32/h2-14,16-17,25H,15H2,1H3/b34-14+,35-26-. The summed E-state index contributed by atoms with van der Waals surface area (Å²) in [4.78, 5) is 6.10. The molecule has 0 N–H and O–H groups in total. The van der Waals surface area contributed by atoms with Gasteiger partial charge in [-0.3, -0.25) is 0 Å². The minimum absolute atomic E-state index is 0.00544. The largest absolute Gasteiger partial charge is 0.573 e. The van der Waals surface area contributed by atoms with Gasteiger partial charge in [0, 0.05) is 17.4 Å². The zero-order chi connectivity index (χ0) is 29.0. The third-order valence-corrected chi connectivity index (χ3v) is 6.97. The van der Waals surface area contributed by atoms with Crippen molar-refractivity contribution in [3.63, 3.8) is 0 Å². The molecule has 0 aliphatic carbocycles. The lowest BCUT2D eigenvalue weighted by Gasteiger charge is -2.24. The summed E-state index contributed by atoms with van der Waals surface area (Å²) in [5.41, 5.74) is 2.46. The second-order valence-electron chi connectivity index (χ2n) is 8.68. The van der Waals surface area contributed by atoms with Crippen molar-refractivity contribution in [3.8, 4) is 28.6 Å². The maximum atomic E-state index is 12.9. The normalized spacial score (nSPS) is 16.7. The monoisotopic (exact) mass is 588 g/mol. The number of hydrogen-bond acceptors (Lipinski definition) is 7. The molecule has 1 fully saturated rings. The van der Waals surface area contributed by atoms with Crippen LogP contribution in [-0.2, 0) is 0 Å². The lowest BCUT2D eigenvalue weighted by Crippen LogP contribution is -2.32. The Morgan fingerprint density at radius 3 is 2.46 bits per heavy atom. The molecule has 1 aliphatic rings. The summed E-state index contributed by atoms with van der Waals surface area (Å²) < 4.78 is 72.9. The van der Waals surface area contributed by atoms with Gasteiger partial charge in [0.05, 0.1) is 17.6 Å². The molecule has 41 heavy (non-hydrogen) atoms. The van der Waals surface area contributed by atoms with Crippen LogP contribution >= 0.6 is 11.8 Å². The molecule has 1 unspecified atom stereocenters. The summed E-state index contributed by atoms with van der Waals surface area (Å²) in [7, 11) is 0. The SMILES string of the molecule is CC1CS/C(=N\N=C\c2ccc(-c3ncn(-c4ccc(OC(F)(F)F)cc4)n3)cc2)N1c1ccccc1OC(F)F. The fraction of sp³-hybridized carbons (Fsp3) is 0.185. The average molecular weight is 589 g/mol. The highest BCUT2D eigenvalue weighted by molar-refractivity contribution is 8.14. The summed E-state index contributed by atoms with van der Waals surface area (Å²) >= 11 is 1.46. The van der Waals surface area contributed by atoms with Crippen LogP contribution < -0.4 is 14.4 Å². The molecule has 8 nitrogen and oxygen atoms in total. The Hall–Kier alpha value is -4.46. The number of nitrogens with zero attached hydrogens (tertiary/aromatic N) is 6. The molecule has 0 radical (unpaired) electrons. The van der Waals surface area contributed by atoms with Gasteiger partial charge in [0.2, 0.25) is 0 Å². The van der Waals surface area contributed by atoms with Crippen LogP contribution in [0.1, 0.15) is 12.5 Å². The minimum Gasteiger partial charge on any atom is -0.433 e. The number of halogens is 5. The summed E-state index contributed by atoms with van der Waals surface area (Å²) in [6.07, 6.45) is -1.74. The van der Waals surface area contributed by atoms with E-state index in [1.807, 2.05) is 11.8 Å². The number of aromatic nitrogens is 3. The van der Waals surface area contributed by atoms with Crippen LogP contribution in [-0.4, -0.2) is 50.9 Å². The number of benzene rings is 3. The van der Waals surface area contributed by atoms with Crippen LogP contribution in [0.4, 0.5) is 27.6 Å². The number of anilines is 1. The molecule has 212 valence electrons. The predicted molar refractivity (Wildman–Crippen MR) is 146 cm³/mol. The number of para-hydroxylation sites is 2. The molecule has 1 saturated heterocycles. The van der Waals surface area contributed by atoms with E-state index in [4.69, 9.17) is 4.74 Å². The summed E-state index contributed by atoms with van der Waals surface area (Å²) in [6, 6.07) is 19.0. The Morgan fingerprint density at radius 1 is 1.02 bits per heavy atom. The van der Waals surface area contributed by atoms with Gasteiger partial charge in [-0.2, -0.15) is 13.9 Å². The molecule has 1 atom stereocenters. The van der Waals surface area contributed by atoms with E-state index in [2.05, 4.69) is 25.0 Å². The van der Waals surface area contributed by atoms with Crippen LogP contribution in [0.15, 0.2) is 89.3 Å². The molecule has 1 aromatic heterocycles. The van der Waals surface area contributed by atoms with E-state index >= 15 is 0 Å². The third kappa shape index (κ3) is 7.01. The molecule has 3 aromatic carbocycles. The van der Waals surface area contributed by atoms with E-state index in [9.17, 15) is 22.0 Å². The first kappa shape index (κ1) is 28.1. The van der Waals surface area contributed by atoms with E-state index < -0.39 is 13.0 Å². The van der Waals surface area contributed by atoms with Crippen molar-refractivity contribution in [2.45, 2.75) is 25.9 Å². The molecule has 1 aliphatic heterocycles. The van der Waals surface area contributed by atoms with Gasteiger partial charge < -0.3 is 14.4 Å². The smallest absolute Gasteiger partial charge is 0.433 e. The Morgan fingerprint density at radius 2 is 1.76 bits per heavy atom. The number of thioether (sulfide) groups is 1. The van der Waals surface area contributed by atoms with Crippen molar-refractivity contribution in [2.24, 2.45) is 10.2 Å². The number of amidine groups is 1. The molecule has 0 amide bonds. The fourth-order valence-corrected chi connectivity index (χ4v) is 5.04. The minimum atomic E-state index is -4.76. The van der Waals surface area contributed by atoms with E-state index in [0.717, 1.165) is 5.56 Å². The average Bonchev–Trinajstić information content (AvgIpc) is 3.56. The van der Waals surface area contributed by atoms with Crippen LogP contribution in [0, 0.1) is 0 Å². The highest BCUT2D eigenvalue weighted by atomic mass is 32.2. The second-order valence-corrected chi connectivity index (χ2v) is 9.67. The van der Waals surface area contributed by atoms with Gasteiger partial charge in [-0.1, -0.05) is 48.2 Å². The van der Waals surface area contributed by atoms with E-state index in [0.29, 0.717) is 33.7 Å². The summed E-state index contributed by atoms with van der Waals surface area (Å²) in [6.45, 7) is -0.982. The summed E-state index contributed by atoms with van der Waals surface area (Å²) in [5, 5.41) is 13.5. The fourth-order valence-electron chi connectivity index (χ4n) is 3.98. The number of ether oxygens (including phenoxy) is 2. The van der Waals surface area contributed by atoms with E-state index in [-0.39, 0.29) is 17.5 Å². The molecular weight excluding hydrogens is 567 g/mol. The van der Waals surface area contributed by atoms with Gasteiger partial charge in [-0.15, -0.1) is 23.4 Å². The van der Waals surface area contributed by atoms with Crippen molar-refractivity contribution in [2.75, 3.05) is 10.7 Å². The topological polar surface area (TPSA) is 77.1 Å². The van der Waals surface area contributed by atoms with E-state index in [1.54, 1.807) is 48.7 Å². The van der Waals surface area contributed by atoms with Gasteiger partial charge in [0.25, 0.3) is 0 Å². The highest BCUT2D eigenvalue weighted by Gasteiger charge is 2.32. The lowest BCUT2D eigenvalue weighted by molar-refractivity contribution is -0.274. The van der Waals surface area contributed by atoms with Crippen molar-refractivity contribution in [1.29, 1.82) is 0 Å². The molecule has 2 heterocycles. The van der Waals surface area contributed by atoms with Gasteiger partial charge in [-0.25, -0.2) is 9.67 Å². The number of alkyl halides is 5. The predicted octanol–water partition coefficient (Wildman–Crippen LogP) is 6.77. The first-order chi connectivity index (χ1) is 19.7. The number of hydrogen-bond donors (Lipinski definition) is 0. The van der Waals surface area contributed by atoms with Crippen molar-refractivity contribution < 1.29 is 31.4 Å². The van der Waals surface area contributed by atoms with Crippen LogP contribution in [0.3, 0.4) is 0 Å². The molecule has 0 spiro atoms. The van der Waals surface area contributed by atoms with Gasteiger partial charge in [0.1, 0.15) is 17.8 Å². The van der Waals surface area contributed by atoms with Crippen molar-refractivity contribution in [3.05, 3.63) is 84.7 Å². The maximum absolute atomic E-state index is 12.9. The Labute approximate surface area is 235 Å². The molecule has 0 bridgehead atoms. The van der Waals surface area contributed by atoms with Gasteiger partial charge >= 0.3 is 13.0 Å². The van der Waals surface area contributed by atoms with E-state index in [1.165, 1.54) is 53.1 Å². The molecular formula is C27H21F5N6O2S. The Balaban J connectivity index is 1.26. The highest BCUT2D eigenvalue weighted by Crippen LogP contribution is 2.37. The van der Waals surface area contributed by atoms with Crippen molar-refractivity contribution >= 4 is 28.8 Å². The second kappa shape index (κ2) is 12.0.